The zero-order valence-electron chi connectivity index (χ0n) is 12.8. The van der Waals surface area contributed by atoms with Crippen LogP contribution in [0.5, 0.6) is 0 Å². The topological polar surface area (TPSA) is 55.1 Å². The van der Waals surface area contributed by atoms with Gasteiger partial charge in [-0.1, -0.05) is 30.3 Å². The van der Waals surface area contributed by atoms with E-state index in [9.17, 15) is 5.21 Å². The predicted molar refractivity (Wildman–Crippen MR) is 80.1 cm³/mol. The SMILES string of the molecule is CC1(C)OCC(C(c2ccco2)N(O)Cc2ccccc2)O1. The van der Waals surface area contributed by atoms with Crippen LogP contribution in [0.3, 0.4) is 0 Å². The highest BCUT2D eigenvalue weighted by molar-refractivity contribution is 5.15. The van der Waals surface area contributed by atoms with E-state index in [-0.39, 0.29) is 6.10 Å². The Bertz CT molecular complexity index is 582. The summed E-state index contributed by atoms with van der Waals surface area (Å²) in [4.78, 5) is 0. The van der Waals surface area contributed by atoms with Crippen LogP contribution in [-0.2, 0) is 16.0 Å². The van der Waals surface area contributed by atoms with Crippen molar-refractivity contribution in [3.8, 4) is 0 Å². The Labute approximate surface area is 130 Å². The van der Waals surface area contributed by atoms with Crippen molar-refractivity contribution in [2.75, 3.05) is 6.61 Å². The van der Waals surface area contributed by atoms with E-state index >= 15 is 0 Å². The summed E-state index contributed by atoms with van der Waals surface area (Å²) in [5.41, 5.74) is 1.01. The summed E-state index contributed by atoms with van der Waals surface area (Å²) in [7, 11) is 0. The molecule has 2 aromatic rings. The lowest BCUT2D eigenvalue weighted by Gasteiger charge is -2.29. The molecule has 5 heteroatoms. The second kappa shape index (κ2) is 6.22. The van der Waals surface area contributed by atoms with Gasteiger partial charge in [0.25, 0.3) is 0 Å². The molecule has 1 aromatic carbocycles. The van der Waals surface area contributed by atoms with Gasteiger partial charge in [-0.25, -0.2) is 0 Å². The second-order valence-corrected chi connectivity index (χ2v) is 5.91. The van der Waals surface area contributed by atoms with Gasteiger partial charge in [-0.15, -0.1) is 0 Å². The maximum Gasteiger partial charge on any atom is 0.163 e. The van der Waals surface area contributed by atoms with Crippen molar-refractivity contribution in [2.45, 2.75) is 38.3 Å². The minimum absolute atomic E-state index is 0.296. The highest BCUT2D eigenvalue weighted by Crippen LogP contribution is 2.34. The smallest absolute Gasteiger partial charge is 0.163 e. The normalized spacial score (nSPS) is 22.1. The monoisotopic (exact) mass is 303 g/mol. The third kappa shape index (κ3) is 3.39. The molecule has 2 atom stereocenters. The molecule has 1 saturated heterocycles. The minimum atomic E-state index is -0.650. The van der Waals surface area contributed by atoms with Crippen LogP contribution in [-0.4, -0.2) is 28.8 Å². The van der Waals surface area contributed by atoms with Crippen molar-refractivity contribution in [1.82, 2.24) is 5.06 Å². The number of ether oxygens (including phenoxy) is 2. The van der Waals surface area contributed by atoms with Crippen molar-refractivity contribution in [3.63, 3.8) is 0 Å². The van der Waals surface area contributed by atoms with Crippen molar-refractivity contribution in [3.05, 3.63) is 60.1 Å². The third-order valence-electron chi connectivity index (χ3n) is 3.73. The molecule has 2 unspecified atom stereocenters. The molecule has 0 bridgehead atoms. The molecular weight excluding hydrogens is 282 g/mol. The molecule has 1 aliphatic rings. The molecule has 0 spiro atoms. The Balaban J connectivity index is 1.80. The van der Waals surface area contributed by atoms with Crippen molar-refractivity contribution >= 4 is 0 Å². The summed E-state index contributed by atoms with van der Waals surface area (Å²) in [5, 5.41) is 11.9. The number of nitrogens with zero attached hydrogens (tertiary/aromatic N) is 1. The van der Waals surface area contributed by atoms with E-state index < -0.39 is 11.8 Å². The van der Waals surface area contributed by atoms with E-state index in [4.69, 9.17) is 13.9 Å². The molecule has 22 heavy (non-hydrogen) atoms. The molecular formula is C17H21NO4. The Morgan fingerprint density at radius 2 is 2.00 bits per heavy atom. The number of benzene rings is 1. The molecule has 0 amide bonds. The van der Waals surface area contributed by atoms with E-state index in [1.54, 1.807) is 12.3 Å². The van der Waals surface area contributed by atoms with Gasteiger partial charge < -0.3 is 19.1 Å². The van der Waals surface area contributed by atoms with Crippen molar-refractivity contribution in [2.24, 2.45) is 0 Å². The van der Waals surface area contributed by atoms with Crippen LogP contribution >= 0.6 is 0 Å². The molecule has 0 radical (unpaired) electrons. The van der Waals surface area contributed by atoms with Gasteiger partial charge in [-0.05, 0) is 31.5 Å². The molecule has 5 nitrogen and oxygen atoms in total. The summed E-state index contributed by atoms with van der Waals surface area (Å²) in [6.07, 6.45) is 1.30. The lowest BCUT2D eigenvalue weighted by Crippen LogP contribution is -2.36. The van der Waals surface area contributed by atoms with E-state index in [2.05, 4.69) is 0 Å². The molecule has 2 heterocycles. The molecule has 118 valence electrons. The van der Waals surface area contributed by atoms with E-state index in [1.807, 2.05) is 50.2 Å². The highest BCUT2D eigenvalue weighted by Gasteiger charge is 2.41. The summed E-state index contributed by atoms with van der Waals surface area (Å²) >= 11 is 0. The summed E-state index contributed by atoms with van der Waals surface area (Å²) < 4.78 is 17.0. The van der Waals surface area contributed by atoms with E-state index in [1.165, 1.54) is 5.06 Å². The third-order valence-corrected chi connectivity index (χ3v) is 3.73. The van der Waals surface area contributed by atoms with Crippen molar-refractivity contribution < 1.29 is 19.1 Å². The fourth-order valence-corrected chi connectivity index (χ4v) is 2.72. The highest BCUT2D eigenvalue weighted by atomic mass is 16.7. The first-order valence-electron chi connectivity index (χ1n) is 7.40. The minimum Gasteiger partial charge on any atom is -0.467 e. The number of hydrogen-bond acceptors (Lipinski definition) is 5. The first-order chi connectivity index (χ1) is 10.6. The van der Waals surface area contributed by atoms with Crippen LogP contribution in [0.15, 0.2) is 53.1 Å². The van der Waals surface area contributed by atoms with Gasteiger partial charge in [0.15, 0.2) is 5.79 Å². The predicted octanol–water partition coefficient (Wildman–Crippen LogP) is 3.36. The van der Waals surface area contributed by atoms with Crippen LogP contribution in [0.25, 0.3) is 0 Å². The lowest BCUT2D eigenvalue weighted by atomic mass is 10.1. The van der Waals surface area contributed by atoms with Gasteiger partial charge in [0.05, 0.1) is 12.9 Å². The number of furan rings is 1. The Morgan fingerprint density at radius 1 is 1.23 bits per heavy atom. The van der Waals surface area contributed by atoms with E-state index in [0.29, 0.717) is 18.9 Å². The molecule has 0 aliphatic carbocycles. The largest absolute Gasteiger partial charge is 0.467 e. The number of rotatable bonds is 5. The molecule has 1 N–H and O–H groups in total. The molecule has 3 rings (SSSR count). The quantitative estimate of drug-likeness (QED) is 0.858. The first-order valence-corrected chi connectivity index (χ1v) is 7.40. The second-order valence-electron chi connectivity index (χ2n) is 5.91. The van der Waals surface area contributed by atoms with Gasteiger partial charge in [0.1, 0.15) is 17.9 Å². The molecule has 1 fully saturated rings. The van der Waals surface area contributed by atoms with Gasteiger partial charge in [0, 0.05) is 6.54 Å². The lowest BCUT2D eigenvalue weighted by molar-refractivity contribution is -0.194. The van der Waals surface area contributed by atoms with Gasteiger partial charge >= 0.3 is 0 Å². The molecule has 0 saturated carbocycles. The zero-order chi connectivity index (χ0) is 15.6. The van der Waals surface area contributed by atoms with E-state index in [0.717, 1.165) is 5.56 Å². The fourth-order valence-electron chi connectivity index (χ4n) is 2.72. The summed E-state index contributed by atoms with van der Waals surface area (Å²) in [6, 6.07) is 13.0. The van der Waals surface area contributed by atoms with Gasteiger partial charge in [0.2, 0.25) is 0 Å². The summed E-state index contributed by atoms with van der Waals surface area (Å²) in [5.74, 6) is 0.00745. The molecule has 1 aromatic heterocycles. The zero-order valence-corrected chi connectivity index (χ0v) is 12.8. The first kappa shape index (κ1) is 15.2. The average Bonchev–Trinajstić information content (AvgIpc) is 3.11. The Kier molecular flexibility index (Phi) is 4.31. The Hall–Kier alpha value is -1.66. The number of hydrogen-bond donors (Lipinski definition) is 1. The van der Waals surface area contributed by atoms with Crippen molar-refractivity contribution in [1.29, 1.82) is 0 Å². The summed E-state index contributed by atoms with van der Waals surface area (Å²) in [6.45, 7) is 4.52. The van der Waals surface area contributed by atoms with Crippen LogP contribution < -0.4 is 0 Å². The fraction of sp³-hybridized carbons (Fsp3) is 0.412. The average molecular weight is 303 g/mol. The number of hydroxylamine groups is 2. The molecule has 1 aliphatic heterocycles. The maximum absolute atomic E-state index is 10.6. The standard InChI is InChI=1S/C17H21NO4/c1-17(2)21-12-15(22-17)16(14-9-6-10-20-14)18(19)11-13-7-4-3-5-8-13/h3-10,15-16,19H,11-12H2,1-2H3. The van der Waals surface area contributed by atoms with Crippen LogP contribution in [0.2, 0.25) is 0 Å². The van der Waals surface area contributed by atoms with Crippen LogP contribution in [0.4, 0.5) is 0 Å². The van der Waals surface area contributed by atoms with Gasteiger partial charge in [-0.2, -0.15) is 5.06 Å². The van der Waals surface area contributed by atoms with Gasteiger partial charge in [-0.3, -0.25) is 0 Å². The van der Waals surface area contributed by atoms with Crippen LogP contribution in [0, 0.1) is 0 Å². The van der Waals surface area contributed by atoms with Crippen LogP contribution in [0.1, 0.15) is 31.2 Å². The maximum atomic E-state index is 10.6. The Morgan fingerprint density at radius 3 is 2.59 bits per heavy atom.